The van der Waals surface area contributed by atoms with Crippen LogP contribution in [0.2, 0.25) is 0 Å². The summed E-state index contributed by atoms with van der Waals surface area (Å²) in [6.45, 7) is 8.63. The van der Waals surface area contributed by atoms with E-state index < -0.39 is 0 Å². The van der Waals surface area contributed by atoms with Gasteiger partial charge in [0.25, 0.3) is 11.5 Å². The fourth-order valence-corrected chi connectivity index (χ4v) is 5.06. The third kappa shape index (κ3) is 4.33. The van der Waals surface area contributed by atoms with Gasteiger partial charge in [-0.1, -0.05) is 42.0 Å². The number of aromatic nitrogens is 1. The molecule has 5 rings (SSSR count). The number of piperazine rings is 2. The van der Waals surface area contributed by atoms with E-state index in [1.165, 1.54) is 0 Å². The average Bonchev–Trinajstić information content (AvgIpc) is 2.86. The van der Waals surface area contributed by atoms with Crippen LogP contribution in [0.5, 0.6) is 0 Å². The lowest BCUT2D eigenvalue weighted by atomic mass is 10.0. The summed E-state index contributed by atoms with van der Waals surface area (Å²) in [4.78, 5) is 34.4. The fourth-order valence-electron chi connectivity index (χ4n) is 5.06. The van der Waals surface area contributed by atoms with Gasteiger partial charge in [0.15, 0.2) is 0 Å². The van der Waals surface area contributed by atoms with Gasteiger partial charge in [-0.15, -0.1) is 0 Å². The van der Waals surface area contributed by atoms with Crippen molar-refractivity contribution in [3.8, 4) is 0 Å². The molecule has 2 aliphatic heterocycles. The Labute approximate surface area is 200 Å². The average molecular weight is 460 g/mol. The van der Waals surface area contributed by atoms with E-state index in [2.05, 4.69) is 35.2 Å². The Morgan fingerprint density at radius 2 is 1.65 bits per heavy atom. The smallest absolute Gasteiger partial charge is 0.266 e. The van der Waals surface area contributed by atoms with E-state index in [4.69, 9.17) is 0 Å². The van der Waals surface area contributed by atoms with Crippen LogP contribution in [0.25, 0.3) is 10.9 Å². The number of carbonyl (C=O) groups excluding carboxylic acids is 1. The number of aryl methyl sites for hydroxylation is 1. The second-order valence-electron chi connectivity index (χ2n) is 9.45. The first-order chi connectivity index (χ1) is 16.5. The zero-order valence-corrected chi connectivity index (χ0v) is 20.1. The topological polar surface area (TPSA) is 60.8 Å². The number of hydrogen-bond donors (Lipinski definition) is 1. The number of nitrogens with zero attached hydrogens (tertiary/aromatic N) is 4. The summed E-state index contributed by atoms with van der Waals surface area (Å²) < 4.78 is 1.79. The van der Waals surface area contributed by atoms with E-state index >= 15 is 0 Å². The largest absolute Gasteiger partial charge is 0.368 e. The third-order valence-corrected chi connectivity index (χ3v) is 7.01. The van der Waals surface area contributed by atoms with Crippen molar-refractivity contribution in [2.24, 2.45) is 0 Å². The van der Waals surface area contributed by atoms with Crippen LogP contribution in [0, 0.1) is 6.92 Å². The molecule has 0 unspecified atom stereocenters. The number of carbonyl (C=O) groups is 1. The minimum absolute atomic E-state index is 0.142. The predicted molar refractivity (Wildman–Crippen MR) is 137 cm³/mol. The molecule has 0 spiro atoms. The van der Waals surface area contributed by atoms with Gasteiger partial charge in [-0.05, 0) is 31.7 Å². The van der Waals surface area contributed by atoms with Crippen LogP contribution in [0.15, 0.2) is 53.3 Å². The number of amides is 1. The summed E-state index contributed by atoms with van der Waals surface area (Å²) in [5.41, 5.74) is 3.96. The molecule has 3 aromatic rings. The second kappa shape index (κ2) is 9.60. The number of benzene rings is 2. The fraction of sp³-hybridized carbons (Fsp3) is 0.407. The maximum Gasteiger partial charge on any atom is 0.266 e. The maximum absolute atomic E-state index is 14.1. The Morgan fingerprint density at radius 3 is 2.35 bits per heavy atom. The number of pyridine rings is 1. The molecule has 2 aliphatic rings. The molecule has 1 amide bonds. The minimum Gasteiger partial charge on any atom is -0.368 e. The van der Waals surface area contributed by atoms with E-state index in [1.54, 1.807) is 4.57 Å². The van der Waals surface area contributed by atoms with Crippen molar-refractivity contribution < 1.29 is 4.79 Å². The van der Waals surface area contributed by atoms with Gasteiger partial charge in [-0.25, -0.2) is 0 Å². The number of fused-ring (bicyclic) bond motifs is 1. The highest BCUT2D eigenvalue weighted by Crippen LogP contribution is 2.31. The van der Waals surface area contributed by atoms with Crippen LogP contribution in [-0.2, 0) is 6.54 Å². The van der Waals surface area contributed by atoms with E-state index in [1.807, 2.05) is 47.4 Å². The Balaban J connectivity index is 1.73. The molecule has 7 heteroatoms. The third-order valence-electron chi connectivity index (χ3n) is 7.01. The monoisotopic (exact) mass is 459 g/mol. The molecule has 0 saturated carbocycles. The molecule has 7 nitrogen and oxygen atoms in total. The Kier molecular flexibility index (Phi) is 6.39. The summed E-state index contributed by atoms with van der Waals surface area (Å²) in [6, 6.07) is 16.2. The Hall–Kier alpha value is -3.16. The number of rotatable bonds is 4. The Bertz CT molecular complexity index is 1240. The highest BCUT2D eigenvalue weighted by atomic mass is 16.2. The number of anilines is 1. The van der Waals surface area contributed by atoms with E-state index in [0.29, 0.717) is 25.2 Å². The van der Waals surface area contributed by atoms with Gasteiger partial charge in [0.2, 0.25) is 0 Å². The molecular formula is C27H33N5O2. The number of likely N-dealkylation sites (N-methyl/N-ethyl adjacent to an activating group) is 1. The van der Waals surface area contributed by atoms with Gasteiger partial charge in [0.05, 0.1) is 17.7 Å². The second-order valence-corrected chi connectivity index (χ2v) is 9.45. The van der Waals surface area contributed by atoms with Crippen LogP contribution < -0.4 is 15.8 Å². The number of hydrogen-bond acceptors (Lipinski definition) is 5. The molecule has 2 fully saturated rings. The highest BCUT2D eigenvalue weighted by Gasteiger charge is 2.31. The van der Waals surface area contributed by atoms with Gasteiger partial charge in [0, 0.05) is 57.7 Å². The first-order valence-corrected chi connectivity index (χ1v) is 12.2. The molecule has 3 heterocycles. The number of nitrogens with one attached hydrogen (secondary N) is 1. The van der Waals surface area contributed by atoms with Crippen molar-refractivity contribution in [2.75, 3.05) is 64.3 Å². The molecule has 0 atom stereocenters. The Morgan fingerprint density at radius 1 is 0.941 bits per heavy atom. The molecule has 2 aromatic carbocycles. The normalized spacial score (nSPS) is 17.4. The van der Waals surface area contributed by atoms with Crippen molar-refractivity contribution in [1.82, 2.24) is 19.7 Å². The summed E-state index contributed by atoms with van der Waals surface area (Å²) in [5, 5.41) is 4.38. The summed E-state index contributed by atoms with van der Waals surface area (Å²) in [7, 11) is 2.07. The molecule has 34 heavy (non-hydrogen) atoms. The first-order valence-electron chi connectivity index (χ1n) is 12.2. The molecule has 0 bridgehead atoms. The standard InChI is InChI=1S/C27H33N5O2/c1-20-8-9-23-22(18-20)25(30-12-10-28-11-13-30)24(26(33)31-16-14-29(2)15-17-31)27(34)32(23)19-21-6-4-3-5-7-21/h3-9,18,28H,10-17,19H2,1-2H3. The van der Waals surface area contributed by atoms with Gasteiger partial charge in [0.1, 0.15) is 5.56 Å². The quantitative estimate of drug-likeness (QED) is 0.648. The van der Waals surface area contributed by atoms with E-state index in [0.717, 1.165) is 67.0 Å². The maximum atomic E-state index is 14.1. The van der Waals surface area contributed by atoms with E-state index in [9.17, 15) is 9.59 Å². The van der Waals surface area contributed by atoms with Crippen molar-refractivity contribution >= 4 is 22.5 Å². The molecule has 1 aromatic heterocycles. The first kappa shape index (κ1) is 22.6. The molecule has 0 aliphatic carbocycles. The van der Waals surface area contributed by atoms with Gasteiger partial charge in [-0.2, -0.15) is 0 Å². The van der Waals surface area contributed by atoms with Gasteiger partial charge in [-0.3, -0.25) is 9.59 Å². The summed E-state index contributed by atoms with van der Waals surface area (Å²) in [5.74, 6) is -0.142. The lowest BCUT2D eigenvalue weighted by Crippen LogP contribution is -2.50. The van der Waals surface area contributed by atoms with Gasteiger partial charge < -0.3 is 24.6 Å². The highest BCUT2D eigenvalue weighted by molar-refractivity contribution is 6.07. The van der Waals surface area contributed by atoms with Crippen molar-refractivity contribution in [2.45, 2.75) is 13.5 Å². The van der Waals surface area contributed by atoms with E-state index in [-0.39, 0.29) is 11.5 Å². The predicted octanol–water partition coefficient (Wildman–Crippen LogP) is 2.16. The van der Waals surface area contributed by atoms with Crippen LogP contribution in [0.4, 0.5) is 5.69 Å². The van der Waals surface area contributed by atoms with Gasteiger partial charge >= 0.3 is 0 Å². The zero-order valence-electron chi connectivity index (χ0n) is 20.1. The van der Waals surface area contributed by atoms with Crippen LogP contribution in [0.3, 0.4) is 0 Å². The summed E-state index contributed by atoms with van der Waals surface area (Å²) in [6.07, 6.45) is 0. The van der Waals surface area contributed by atoms with Crippen LogP contribution >= 0.6 is 0 Å². The molecule has 0 radical (unpaired) electrons. The lowest BCUT2D eigenvalue weighted by molar-refractivity contribution is 0.0662. The van der Waals surface area contributed by atoms with Crippen molar-refractivity contribution in [3.05, 3.63) is 75.6 Å². The van der Waals surface area contributed by atoms with Crippen molar-refractivity contribution in [3.63, 3.8) is 0 Å². The molecule has 178 valence electrons. The lowest BCUT2D eigenvalue weighted by Gasteiger charge is -2.35. The van der Waals surface area contributed by atoms with Crippen LogP contribution in [0.1, 0.15) is 21.5 Å². The molecule has 1 N–H and O–H groups in total. The molecular weight excluding hydrogens is 426 g/mol. The zero-order chi connectivity index (χ0) is 23.7. The van der Waals surface area contributed by atoms with Crippen molar-refractivity contribution in [1.29, 1.82) is 0 Å². The minimum atomic E-state index is -0.197. The summed E-state index contributed by atoms with van der Waals surface area (Å²) >= 11 is 0. The van der Waals surface area contributed by atoms with Crippen LogP contribution in [-0.4, -0.2) is 79.7 Å². The SMILES string of the molecule is Cc1ccc2c(c1)c(N1CCNCC1)c(C(=O)N1CCN(C)CC1)c(=O)n2Cc1ccccc1. The molecule has 2 saturated heterocycles.